The summed E-state index contributed by atoms with van der Waals surface area (Å²) >= 11 is 0. The monoisotopic (exact) mass is 245 g/mol. The number of hydrogen-bond donors (Lipinski definition) is 2. The van der Waals surface area contributed by atoms with Crippen molar-refractivity contribution >= 4 is 11.9 Å². The lowest BCUT2D eigenvalue weighted by atomic mass is 10.2. The lowest BCUT2D eigenvalue weighted by Gasteiger charge is -2.09. The van der Waals surface area contributed by atoms with Crippen molar-refractivity contribution in [2.45, 2.75) is 13.0 Å². The number of ether oxygens (including phenoxy) is 1. The van der Waals surface area contributed by atoms with Crippen LogP contribution in [0.1, 0.15) is 17.3 Å². The van der Waals surface area contributed by atoms with E-state index in [4.69, 9.17) is 10.8 Å². The fourth-order valence-electron chi connectivity index (χ4n) is 0.970. The van der Waals surface area contributed by atoms with Crippen LogP contribution in [0.15, 0.2) is 12.1 Å². The van der Waals surface area contributed by atoms with Gasteiger partial charge in [0.25, 0.3) is 5.91 Å². The van der Waals surface area contributed by atoms with Gasteiger partial charge in [-0.05, 0) is 19.1 Å². The Bertz CT molecular complexity index is 452. The summed E-state index contributed by atoms with van der Waals surface area (Å²) in [5, 5.41) is 8.81. The summed E-state index contributed by atoms with van der Waals surface area (Å²) in [7, 11) is 0. The molecule has 0 unspecified atom stereocenters. The van der Waals surface area contributed by atoms with Gasteiger partial charge in [-0.2, -0.15) is 0 Å². The average molecular weight is 245 g/mol. The summed E-state index contributed by atoms with van der Waals surface area (Å²) in [4.78, 5) is 21.9. The standard InChI is InChI=1S/C10H9F2NO4/c1-4(9(13)15)17-10(16)5-2-6(11)8(14)7(12)3-5/h2-4,14H,1H3,(H2,13,15)/t4-/m1/s1. The molecule has 17 heavy (non-hydrogen) atoms. The molecule has 1 amide bonds. The maximum absolute atomic E-state index is 12.9. The molecule has 1 rings (SSSR count). The van der Waals surface area contributed by atoms with E-state index in [0.29, 0.717) is 12.1 Å². The van der Waals surface area contributed by atoms with Crippen molar-refractivity contribution < 1.29 is 28.2 Å². The van der Waals surface area contributed by atoms with Crippen molar-refractivity contribution in [2.75, 3.05) is 0 Å². The van der Waals surface area contributed by atoms with E-state index >= 15 is 0 Å². The molecule has 1 aromatic carbocycles. The average Bonchev–Trinajstić information content (AvgIpc) is 2.24. The summed E-state index contributed by atoms with van der Waals surface area (Å²) < 4.78 is 30.3. The first-order chi connectivity index (χ1) is 7.82. The highest BCUT2D eigenvalue weighted by Crippen LogP contribution is 2.21. The molecule has 0 fully saturated rings. The SMILES string of the molecule is C[C@@H](OC(=O)c1cc(F)c(O)c(F)c1)C(N)=O. The van der Waals surface area contributed by atoms with Crippen LogP contribution >= 0.6 is 0 Å². The number of carbonyl (C=O) groups is 2. The number of hydrogen-bond acceptors (Lipinski definition) is 4. The lowest BCUT2D eigenvalue weighted by molar-refractivity contribution is -0.125. The van der Waals surface area contributed by atoms with Crippen LogP contribution in [0.4, 0.5) is 8.78 Å². The molecule has 0 aliphatic carbocycles. The second-order valence-corrected chi connectivity index (χ2v) is 3.24. The Labute approximate surface area is 94.8 Å². The van der Waals surface area contributed by atoms with E-state index in [1.54, 1.807) is 0 Å². The summed E-state index contributed by atoms with van der Waals surface area (Å²) in [6, 6.07) is 1.18. The van der Waals surface area contributed by atoms with E-state index in [2.05, 4.69) is 4.74 Å². The first-order valence-electron chi connectivity index (χ1n) is 4.51. The number of phenols is 1. The molecule has 0 aromatic heterocycles. The Hall–Kier alpha value is -2.18. The minimum Gasteiger partial charge on any atom is -0.503 e. The first kappa shape index (κ1) is 12.9. The van der Waals surface area contributed by atoms with Crippen LogP contribution in [0.25, 0.3) is 0 Å². The fourth-order valence-corrected chi connectivity index (χ4v) is 0.970. The van der Waals surface area contributed by atoms with E-state index < -0.39 is 40.9 Å². The summed E-state index contributed by atoms with van der Waals surface area (Å²) in [6.45, 7) is 1.22. The number of phenolic OH excluding ortho intramolecular Hbond substituents is 1. The third-order valence-corrected chi connectivity index (χ3v) is 1.94. The Kier molecular flexibility index (Phi) is 3.62. The number of benzene rings is 1. The molecule has 92 valence electrons. The number of primary amides is 1. The molecule has 0 spiro atoms. The second kappa shape index (κ2) is 4.77. The van der Waals surface area contributed by atoms with Crippen molar-refractivity contribution in [2.24, 2.45) is 5.73 Å². The van der Waals surface area contributed by atoms with Crippen LogP contribution in [-0.4, -0.2) is 23.1 Å². The zero-order valence-corrected chi connectivity index (χ0v) is 8.74. The number of amides is 1. The Morgan fingerprint density at radius 1 is 1.35 bits per heavy atom. The van der Waals surface area contributed by atoms with Crippen molar-refractivity contribution in [1.82, 2.24) is 0 Å². The smallest absolute Gasteiger partial charge is 0.339 e. The van der Waals surface area contributed by atoms with Gasteiger partial charge in [-0.25, -0.2) is 13.6 Å². The molecule has 7 heteroatoms. The molecule has 0 aliphatic rings. The number of nitrogens with two attached hydrogens (primary N) is 1. The predicted molar refractivity (Wildman–Crippen MR) is 52.1 cm³/mol. The molecule has 0 bridgehead atoms. The largest absolute Gasteiger partial charge is 0.503 e. The lowest BCUT2D eigenvalue weighted by Crippen LogP contribution is -2.30. The summed E-state index contributed by atoms with van der Waals surface area (Å²) in [6.07, 6.45) is -1.22. The molecule has 0 aliphatic heterocycles. The zero-order chi connectivity index (χ0) is 13.2. The maximum atomic E-state index is 12.9. The van der Waals surface area contributed by atoms with Gasteiger partial charge in [0.2, 0.25) is 0 Å². The zero-order valence-electron chi connectivity index (χ0n) is 8.74. The van der Waals surface area contributed by atoms with Gasteiger partial charge in [0, 0.05) is 0 Å². The van der Waals surface area contributed by atoms with Gasteiger partial charge >= 0.3 is 5.97 Å². The topological polar surface area (TPSA) is 89.6 Å². The van der Waals surface area contributed by atoms with E-state index in [9.17, 15) is 18.4 Å². The molecular formula is C10H9F2NO4. The third-order valence-electron chi connectivity index (χ3n) is 1.94. The number of rotatable bonds is 3. The van der Waals surface area contributed by atoms with E-state index in [1.807, 2.05) is 0 Å². The van der Waals surface area contributed by atoms with Gasteiger partial charge in [-0.1, -0.05) is 0 Å². The Morgan fingerprint density at radius 2 is 1.82 bits per heavy atom. The molecule has 0 radical (unpaired) electrons. The van der Waals surface area contributed by atoms with Crippen LogP contribution in [0.5, 0.6) is 5.75 Å². The van der Waals surface area contributed by atoms with Crippen molar-refractivity contribution in [3.05, 3.63) is 29.3 Å². The molecular weight excluding hydrogens is 236 g/mol. The number of esters is 1. The molecule has 1 atom stereocenters. The second-order valence-electron chi connectivity index (χ2n) is 3.24. The van der Waals surface area contributed by atoms with Crippen molar-refractivity contribution in [3.63, 3.8) is 0 Å². The van der Waals surface area contributed by atoms with E-state index in [0.717, 1.165) is 0 Å². The third kappa shape index (κ3) is 2.90. The molecule has 0 heterocycles. The normalized spacial score (nSPS) is 11.9. The molecule has 0 saturated carbocycles. The quantitative estimate of drug-likeness (QED) is 0.767. The van der Waals surface area contributed by atoms with E-state index in [1.165, 1.54) is 6.92 Å². The predicted octanol–water partition coefficient (Wildman–Crippen LogP) is 0.701. The molecule has 3 N–H and O–H groups in total. The van der Waals surface area contributed by atoms with Crippen molar-refractivity contribution in [3.8, 4) is 5.75 Å². The summed E-state index contributed by atoms with van der Waals surface area (Å²) in [5.74, 6) is -5.80. The van der Waals surface area contributed by atoms with Gasteiger partial charge in [0.1, 0.15) is 0 Å². The Balaban J connectivity index is 2.94. The molecule has 5 nitrogen and oxygen atoms in total. The van der Waals surface area contributed by atoms with Gasteiger partial charge in [-0.3, -0.25) is 4.79 Å². The van der Waals surface area contributed by atoms with Crippen LogP contribution in [0, 0.1) is 11.6 Å². The van der Waals surface area contributed by atoms with Crippen LogP contribution in [-0.2, 0) is 9.53 Å². The highest BCUT2D eigenvalue weighted by Gasteiger charge is 2.19. The molecule has 1 aromatic rings. The Morgan fingerprint density at radius 3 is 2.24 bits per heavy atom. The van der Waals surface area contributed by atoms with Gasteiger partial charge in [0.15, 0.2) is 23.5 Å². The first-order valence-corrected chi connectivity index (χ1v) is 4.51. The van der Waals surface area contributed by atoms with Crippen LogP contribution in [0.3, 0.4) is 0 Å². The van der Waals surface area contributed by atoms with Gasteiger partial charge in [-0.15, -0.1) is 0 Å². The minimum absolute atomic E-state index is 0.467. The maximum Gasteiger partial charge on any atom is 0.339 e. The highest BCUT2D eigenvalue weighted by molar-refractivity contribution is 5.92. The number of carbonyl (C=O) groups excluding carboxylic acids is 2. The number of aromatic hydroxyl groups is 1. The highest BCUT2D eigenvalue weighted by atomic mass is 19.1. The summed E-state index contributed by atoms with van der Waals surface area (Å²) in [5.41, 5.74) is 4.38. The molecule has 0 saturated heterocycles. The van der Waals surface area contributed by atoms with E-state index in [-0.39, 0.29) is 0 Å². The number of halogens is 2. The van der Waals surface area contributed by atoms with Gasteiger partial charge < -0.3 is 15.6 Å². The van der Waals surface area contributed by atoms with Crippen LogP contribution < -0.4 is 5.73 Å². The van der Waals surface area contributed by atoms with Crippen molar-refractivity contribution in [1.29, 1.82) is 0 Å². The van der Waals surface area contributed by atoms with Crippen LogP contribution in [0.2, 0.25) is 0 Å². The van der Waals surface area contributed by atoms with Gasteiger partial charge in [0.05, 0.1) is 5.56 Å². The fraction of sp³-hybridized carbons (Fsp3) is 0.200. The minimum atomic E-state index is -1.30.